The number of fused-ring (bicyclic) bond motifs is 1. The first-order valence-electron chi connectivity index (χ1n) is 6.99. The minimum absolute atomic E-state index is 0.185. The van der Waals surface area contributed by atoms with Crippen molar-refractivity contribution in [2.45, 2.75) is 12.5 Å². The van der Waals surface area contributed by atoms with Crippen molar-refractivity contribution in [3.05, 3.63) is 81.7 Å². The normalized spacial score (nSPS) is 15.3. The van der Waals surface area contributed by atoms with Crippen LogP contribution in [0.5, 0.6) is 0 Å². The highest BCUT2D eigenvalue weighted by Gasteiger charge is 2.39. The van der Waals surface area contributed by atoms with Gasteiger partial charge in [0, 0.05) is 16.0 Å². The van der Waals surface area contributed by atoms with Crippen LogP contribution in [0.25, 0.3) is 10.4 Å². The average Bonchev–Trinajstić information content (AvgIpc) is 2.80. The number of carbonyl (C=O) groups is 2. The minimum atomic E-state index is -0.770. The van der Waals surface area contributed by atoms with Gasteiger partial charge in [0.05, 0.1) is 12.0 Å². The fourth-order valence-electron chi connectivity index (χ4n) is 2.83. The fourth-order valence-corrected chi connectivity index (χ4v) is 2.83. The van der Waals surface area contributed by atoms with Crippen LogP contribution in [0.2, 0.25) is 0 Å². The van der Waals surface area contributed by atoms with Crippen LogP contribution < -0.4 is 0 Å². The third-order valence-electron chi connectivity index (χ3n) is 3.93. The summed E-state index contributed by atoms with van der Waals surface area (Å²) in [5, 5.41) is 3.77. The van der Waals surface area contributed by atoms with Crippen molar-refractivity contribution in [2.24, 2.45) is 11.0 Å². The summed E-state index contributed by atoms with van der Waals surface area (Å²) in [6.07, 6.45) is 0.195. The van der Waals surface area contributed by atoms with Gasteiger partial charge in [-0.25, -0.2) is 0 Å². The van der Waals surface area contributed by atoms with Gasteiger partial charge >= 0.3 is 0 Å². The van der Waals surface area contributed by atoms with Crippen molar-refractivity contribution in [3.63, 3.8) is 0 Å². The molecule has 0 aliphatic heterocycles. The maximum absolute atomic E-state index is 12.4. The Morgan fingerprint density at radius 1 is 0.955 bits per heavy atom. The number of ketones is 2. The number of hydrogen-bond donors (Lipinski definition) is 0. The molecule has 1 unspecified atom stereocenters. The van der Waals surface area contributed by atoms with E-state index in [1.165, 1.54) is 0 Å². The molecule has 0 saturated heterocycles. The zero-order valence-electron chi connectivity index (χ0n) is 11.7. The quantitative estimate of drug-likeness (QED) is 0.367. The second-order valence-corrected chi connectivity index (χ2v) is 5.19. The van der Waals surface area contributed by atoms with E-state index in [1.807, 2.05) is 30.3 Å². The largest absolute Gasteiger partial charge is 0.293 e. The Morgan fingerprint density at radius 2 is 1.50 bits per heavy atom. The molecule has 22 heavy (non-hydrogen) atoms. The molecule has 3 rings (SSSR count). The Labute approximate surface area is 127 Å². The van der Waals surface area contributed by atoms with Crippen LogP contribution in [0.15, 0.2) is 59.7 Å². The number of Topliss-reactive ketones (excluding diaryl/α,β-unsaturated/α-hetero) is 2. The van der Waals surface area contributed by atoms with Gasteiger partial charge in [-0.05, 0) is 17.5 Å². The molecule has 0 heterocycles. The first kappa shape index (κ1) is 14.0. The van der Waals surface area contributed by atoms with E-state index in [2.05, 4.69) is 10.0 Å². The SMILES string of the molecule is [N-]=[N+]=NC(CC1C(=O)c2ccccc2C1=O)c1ccccc1. The van der Waals surface area contributed by atoms with Gasteiger partial charge in [0.25, 0.3) is 0 Å². The predicted octanol–water partition coefficient (Wildman–Crippen LogP) is 4.12. The molecule has 108 valence electrons. The fraction of sp³-hybridized carbons (Fsp3) is 0.176. The lowest BCUT2D eigenvalue weighted by molar-refractivity contribution is 0.0825. The van der Waals surface area contributed by atoms with E-state index in [4.69, 9.17) is 5.53 Å². The second-order valence-electron chi connectivity index (χ2n) is 5.19. The number of benzene rings is 2. The molecule has 0 amide bonds. The van der Waals surface area contributed by atoms with Crippen LogP contribution in [-0.4, -0.2) is 11.6 Å². The molecular formula is C17H13N3O2. The molecule has 1 atom stereocenters. The van der Waals surface area contributed by atoms with Gasteiger partial charge in [-0.3, -0.25) is 9.59 Å². The number of nitrogens with zero attached hydrogens (tertiary/aromatic N) is 3. The number of azide groups is 1. The smallest absolute Gasteiger partial charge is 0.174 e. The predicted molar refractivity (Wildman–Crippen MR) is 81.5 cm³/mol. The standard InChI is InChI=1S/C17H13N3O2/c18-20-19-15(11-6-2-1-3-7-11)10-14-16(21)12-8-4-5-9-13(12)17(14)22/h1-9,14-15H,10H2. The van der Waals surface area contributed by atoms with Crippen LogP contribution in [0.1, 0.15) is 38.7 Å². The Morgan fingerprint density at radius 3 is 2.05 bits per heavy atom. The molecule has 1 aliphatic rings. The number of carbonyl (C=O) groups excluding carboxylic acids is 2. The van der Waals surface area contributed by atoms with Crippen molar-refractivity contribution in [2.75, 3.05) is 0 Å². The lowest BCUT2D eigenvalue weighted by Crippen LogP contribution is -2.18. The van der Waals surface area contributed by atoms with Crippen LogP contribution >= 0.6 is 0 Å². The molecule has 0 spiro atoms. The molecule has 5 nitrogen and oxygen atoms in total. The van der Waals surface area contributed by atoms with Gasteiger partial charge in [0.1, 0.15) is 0 Å². The van der Waals surface area contributed by atoms with Gasteiger partial charge in [0.15, 0.2) is 11.6 Å². The molecule has 0 radical (unpaired) electrons. The summed E-state index contributed by atoms with van der Waals surface area (Å²) in [6.45, 7) is 0. The molecule has 0 saturated carbocycles. The Bertz CT molecular complexity index is 745. The number of hydrogen-bond acceptors (Lipinski definition) is 3. The van der Waals surface area contributed by atoms with Crippen molar-refractivity contribution in [1.29, 1.82) is 0 Å². The van der Waals surface area contributed by atoms with E-state index in [0.717, 1.165) is 5.56 Å². The van der Waals surface area contributed by atoms with E-state index >= 15 is 0 Å². The van der Waals surface area contributed by atoms with Crippen molar-refractivity contribution in [1.82, 2.24) is 0 Å². The average molecular weight is 291 g/mol. The third-order valence-corrected chi connectivity index (χ3v) is 3.93. The van der Waals surface area contributed by atoms with Crippen molar-refractivity contribution >= 4 is 11.6 Å². The summed E-state index contributed by atoms with van der Waals surface area (Å²) in [5.74, 6) is -1.14. The van der Waals surface area contributed by atoms with E-state index < -0.39 is 12.0 Å². The van der Waals surface area contributed by atoms with Gasteiger partial charge in [-0.2, -0.15) is 0 Å². The van der Waals surface area contributed by atoms with Gasteiger partial charge < -0.3 is 0 Å². The molecule has 0 bridgehead atoms. The van der Waals surface area contributed by atoms with E-state index in [9.17, 15) is 9.59 Å². The monoisotopic (exact) mass is 291 g/mol. The maximum Gasteiger partial charge on any atom is 0.174 e. The van der Waals surface area contributed by atoms with Crippen LogP contribution in [-0.2, 0) is 0 Å². The van der Waals surface area contributed by atoms with Crippen LogP contribution in [0.3, 0.4) is 0 Å². The first-order chi connectivity index (χ1) is 10.7. The molecule has 0 aromatic heterocycles. The lowest BCUT2D eigenvalue weighted by atomic mass is 9.92. The van der Waals surface area contributed by atoms with Crippen molar-refractivity contribution in [3.8, 4) is 0 Å². The van der Waals surface area contributed by atoms with E-state index in [-0.39, 0.29) is 18.0 Å². The topological polar surface area (TPSA) is 82.9 Å². The highest BCUT2D eigenvalue weighted by molar-refractivity contribution is 6.26. The third kappa shape index (κ3) is 2.38. The lowest BCUT2D eigenvalue weighted by Gasteiger charge is -2.14. The molecule has 1 aliphatic carbocycles. The zero-order chi connectivity index (χ0) is 15.5. The van der Waals surface area contributed by atoms with E-state index in [1.54, 1.807) is 24.3 Å². The summed E-state index contributed by atoms with van der Waals surface area (Å²) in [4.78, 5) is 27.7. The Balaban J connectivity index is 1.91. The highest BCUT2D eigenvalue weighted by atomic mass is 16.2. The highest BCUT2D eigenvalue weighted by Crippen LogP contribution is 2.34. The van der Waals surface area contributed by atoms with E-state index in [0.29, 0.717) is 11.1 Å². The summed E-state index contributed by atoms with van der Waals surface area (Å²) < 4.78 is 0. The minimum Gasteiger partial charge on any atom is -0.293 e. The Hall–Kier alpha value is -2.91. The molecule has 5 heteroatoms. The maximum atomic E-state index is 12.4. The van der Waals surface area contributed by atoms with Gasteiger partial charge in [-0.15, -0.1) is 0 Å². The summed E-state index contributed by atoms with van der Waals surface area (Å²) >= 11 is 0. The van der Waals surface area contributed by atoms with Crippen LogP contribution in [0.4, 0.5) is 0 Å². The summed E-state index contributed by atoms with van der Waals surface area (Å²) in [7, 11) is 0. The van der Waals surface area contributed by atoms with Gasteiger partial charge in [0.2, 0.25) is 0 Å². The molecule has 2 aromatic rings. The Kier molecular flexibility index (Phi) is 3.73. The first-order valence-corrected chi connectivity index (χ1v) is 6.99. The zero-order valence-corrected chi connectivity index (χ0v) is 11.7. The molecular weight excluding hydrogens is 278 g/mol. The van der Waals surface area contributed by atoms with Gasteiger partial charge in [-0.1, -0.05) is 59.7 Å². The molecule has 2 aromatic carbocycles. The summed E-state index contributed by atoms with van der Waals surface area (Å²) in [5.41, 5.74) is 10.5. The van der Waals surface area contributed by atoms with Crippen LogP contribution in [0, 0.1) is 5.92 Å². The van der Waals surface area contributed by atoms with Crippen molar-refractivity contribution < 1.29 is 9.59 Å². The summed E-state index contributed by atoms with van der Waals surface area (Å²) in [6, 6.07) is 15.5. The second kappa shape index (κ2) is 5.84. The molecule has 0 N–H and O–H groups in total. The molecule has 0 fully saturated rings. The number of rotatable bonds is 4.